The van der Waals surface area contributed by atoms with Crippen LogP contribution in [0.4, 0.5) is 5.82 Å². The number of aliphatic imine (C=N–C) groups is 1. The maximum Gasteiger partial charge on any atom is 0.183 e. The molecule has 1 fully saturated rings. The molecule has 0 spiro atoms. The van der Waals surface area contributed by atoms with Gasteiger partial charge in [0.1, 0.15) is 24.4 Å². The van der Waals surface area contributed by atoms with Crippen molar-refractivity contribution in [2.24, 2.45) is 10.7 Å². The van der Waals surface area contributed by atoms with Gasteiger partial charge in [-0.15, -0.1) is 0 Å². The fraction of sp³-hybridized carbons (Fsp3) is 0.545. The van der Waals surface area contributed by atoms with Crippen LogP contribution in [-0.2, 0) is 9.47 Å². The van der Waals surface area contributed by atoms with Crippen LogP contribution in [-0.4, -0.2) is 41.2 Å². The summed E-state index contributed by atoms with van der Waals surface area (Å²) in [4.78, 5) is 4.12. The molecule has 0 amide bonds. The van der Waals surface area contributed by atoms with Crippen LogP contribution in [0.3, 0.4) is 0 Å². The Labute approximate surface area is 104 Å². The van der Waals surface area contributed by atoms with E-state index in [1.54, 1.807) is 0 Å². The van der Waals surface area contributed by atoms with E-state index in [-0.39, 0.29) is 18.9 Å². The first-order valence-electron chi connectivity index (χ1n) is 5.87. The van der Waals surface area contributed by atoms with Crippen molar-refractivity contribution in [3.63, 3.8) is 0 Å². The summed E-state index contributed by atoms with van der Waals surface area (Å²) in [7, 11) is 0. The summed E-state index contributed by atoms with van der Waals surface area (Å²) in [5.74, 6) is 1.40. The van der Waals surface area contributed by atoms with E-state index in [2.05, 4.69) is 10.3 Å². The molecule has 0 bridgehead atoms. The van der Waals surface area contributed by atoms with Crippen LogP contribution in [0.15, 0.2) is 17.3 Å². The van der Waals surface area contributed by atoms with Crippen molar-refractivity contribution in [2.75, 3.05) is 18.6 Å². The van der Waals surface area contributed by atoms with Gasteiger partial charge < -0.3 is 30.2 Å². The first kappa shape index (κ1) is 11.5. The average molecular weight is 252 g/mol. The minimum atomic E-state index is -0.572. The predicted molar refractivity (Wildman–Crippen MR) is 65.2 cm³/mol. The fourth-order valence-electron chi connectivity index (χ4n) is 2.32. The van der Waals surface area contributed by atoms with Crippen LogP contribution in [0.1, 0.15) is 18.7 Å². The lowest BCUT2D eigenvalue weighted by atomic mass is 10.2. The van der Waals surface area contributed by atoms with E-state index in [1.165, 1.54) is 0 Å². The summed E-state index contributed by atoms with van der Waals surface area (Å²) < 4.78 is 13.0. The van der Waals surface area contributed by atoms with Crippen molar-refractivity contribution < 1.29 is 14.6 Å². The third-order valence-corrected chi connectivity index (χ3v) is 3.17. The van der Waals surface area contributed by atoms with Crippen molar-refractivity contribution in [3.8, 4) is 0 Å². The average Bonchev–Trinajstić information content (AvgIpc) is 2.93. The van der Waals surface area contributed by atoms with Crippen molar-refractivity contribution in [1.82, 2.24) is 4.57 Å². The van der Waals surface area contributed by atoms with Crippen LogP contribution in [0.25, 0.3) is 0 Å². The van der Waals surface area contributed by atoms with Gasteiger partial charge in [-0.05, 0) is 13.0 Å². The van der Waals surface area contributed by atoms with Gasteiger partial charge in [0.25, 0.3) is 0 Å². The molecule has 3 rings (SSSR count). The highest BCUT2D eigenvalue weighted by molar-refractivity contribution is 6.03. The Bertz CT molecular complexity index is 485. The lowest BCUT2D eigenvalue weighted by Crippen LogP contribution is -2.25. The molecule has 1 aromatic heterocycles. The fourth-order valence-corrected chi connectivity index (χ4v) is 2.32. The molecule has 0 saturated carbocycles. The number of aromatic nitrogens is 1. The topological polar surface area (TPSA) is 94.0 Å². The van der Waals surface area contributed by atoms with Gasteiger partial charge in [-0.3, -0.25) is 0 Å². The van der Waals surface area contributed by atoms with E-state index in [0.29, 0.717) is 12.5 Å². The van der Waals surface area contributed by atoms with Crippen molar-refractivity contribution in [3.05, 3.63) is 17.8 Å². The first-order chi connectivity index (χ1) is 8.70. The number of rotatable bonds is 2. The summed E-state index contributed by atoms with van der Waals surface area (Å²) >= 11 is 0. The Hall–Kier alpha value is -1.57. The van der Waals surface area contributed by atoms with Gasteiger partial charge in [-0.25, -0.2) is 4.99 Å². The van der Waals surface area contributed by atoms with Gasteiger partial charge in [0.2, 0.25) is 0 Å². The number of nitrogens with zero attached hydrogens (tertiary/aromatic N) is 2. The molecule has 4 N–H and O–H groups in total. The third-order valence-electron chi connectivity index (χ3n) is 3.17. The van der Waals surface area contributed by atoms with Gasteiger partial charge in [-0.2, -0.15) is 0 Å². The Morgan fingerprint density at radius 2 is 2.44 bits per heavy atom. The second kappa shape index (κ2) is 4.27. The van der Waals surface area contributed by atoms with E-state index in [0.717, 1.165) is 11.4 Å². The molecule has 1 saturated heterocycles. The molecule has 18 heavy (non-hydrogen) atoms. The Morgan fingerprint density at radius 1 is 1.61 bits per heavy atom. The van der Waals surface area contributed by atoms with E-state index in [9.17, 15) is 0 Å². The molecular formula is C11H16N4O3. The quantitative estimate of drug-likeness (QED) is 0.679. The second-order valence-electron chi connectivity index (χ2n) is 4.34. The molecule has 0 aliphatic carbocycles. The van der Waals surface area contributed by atoms with E-state index < -0.39 is 6.29 Å². The van der Waals surface area contributed by atoms with Crippen LogP contribution in [0.5, 0.6) is 0 Å². The van der Waals surface area contributed by atoms with Crippen molar-refractivity contribution in [2.45, 2.75) is 25.5 Å². The highest BCUT2D eigenvalue weighted by atomic mass is 16.7. The Morgan fingerprint density at radius 3 is 3.17 bits per heavy atom. The van der Waals surface area contributed by atoms with Crippen LogP contribution in [0.2, 0.25) is 0 Å². The number of fused-ring (bicyclic) bond motifs is 1. The highest BCUT2D eigenvalue weighted by Crippen LogP contribution is 2.33. The SMILES string of the molecule is C[C@@H]1O[C@@H](CO)O[C@H]1n1ccc2c1NCN=C2N. The summed E-state index contributed by atoms with van der Waals surface area (Å²) in [5, 5.41) is 12.2. The number of hydrogen-bond acceptors (Lipinski definition) is 6. The minimum Gasteiger partial charge on any atom is -0.391 e. The first-order valence-corrected chi connectivity index (χ1v) is 5.87. The van der Waals surface area contributed by atoms with Crippen molar-refractivity contribution >= 4 is 11.7 Å². The zero-order valence-corrected chi connectivity index (χ0v) is 10.0. The minimum absolute atomic E-state index is 0.138. The maximum atomic E-state index is 9.07. The van der Waals surface area contributed by atoms with Gasteiger partial charge in [0, 0.05) is 6.20 Å². The number of aliphatic hydroxyl groups excluding tert-OH is 1. The molecule has 3 atom stereocenters. The lowest BCUT2D eigenvalue weighted by Gasteiger charge is -2.21. The Balaban J connectivity index is 1.92. The van der Waals surface area contributed by atoms with E-state index >= 15 is 0 Å². The highest BCUT2D eigenvalue weighted by Gasteiger charge is 2.35. The van der Waals surface area contributed by atoms with Crippen LogP contribution in [0, 0.1) is 0 Å². The molecule has 7 heteroatoms. The molecule has 98 valence electrons. The molecule has 3 heterocycles. The normalized spacial score (nSPS) is 30.8. The van der Waals surface area contributed by atoms with Crippen LogP contribution >= 0.6 is 0 Å². The molecule has 2 aliphatic rings. The van der Waals surface area contributed by atoms with Crippen molar-refractivity contribution in [1.29, 1.82) is 0 Å². The zero-order chi connectivity index (χ0) is 12.7. The lowest BCUT2D eigenvalue weighted by molar-refractivity contribution is -0.102. The van der Waals surface area contributed by atoms with Gasteiger partial charge in [0.05, 0.1) is 12.2 Å². The van der Waals surface area contributed by atoms with Gasteiger partial charge >= 0.3 is 0 Å². The number of nitrogens with one attached hydrogen (secondary N) is 1. The molecule has 2 aliphatic heterocycles. The van der Waals surface area contributed by atoms with E-state index in [4.69, 9.17) is 20.3 Å². The monoisotopic (exact) mass is 252 g/mol. The molecule has 1 aromatic rings. The van der Waals surface area contributed by atoms with Gasteiger partial charge in [0.15, 0.2) is 12.5 Å². The predicted octanol–water partition coefficient (Wildman–Crippen LogP) is -0.171. The molecule has 0 aromatic carbocycles. The largest absolute Gasteiger partial charge is 0.391 e. The standard InChI is InChI=1S/C11H16N4O3/c1-6-11(18-8(4-16)17-6)15-3-2-7-9(12)13-5-14-10(7)15/h2-3,6,8,11,14,16H,4-5H2,1H3,(H2,12,13)/t6-,8+,11+/m0/s1. The molecule has 0 radical (unpaired) electrons. The second-order valence-corrected chi connectivity index (χ2v) is 4.34. The van der Waals surface area contributed by atoms with Gasteiger partial charge in [-0.1, -0.05) is 0 Å². The number of hydrogen-bond donors (Lipinski definition) is 3. The number of aliphatic hydroxyl groups is 1. The van der Waals surface area contributed by atoms with E-state index in [1.807, 2.05) is 23.8 Å². The molecular weight excluding hydrogens is 236 g/mol. The zero-order valence-electron chi connectivity index (χ0n) is 10.0. The number of ether oxygens (including phenoxy) is 2. The third kappa shape index (κ3) is 1.67. The summed E-state index contributed by atoms with van der Waals surface area (Å²) in [6.45, 7) is 2.21. The Kier molecular flexibility index (Phi) is 2.73. The number of nitrogens with two attached hydrogens (primary N) is 1. The van der Waals surface area contributed by atoms with Crippen LogP contribution < -0.4 is 11.1 Å². The maximum absolute atomic E-state index is 9.07. The summed E-state index contributed by atoms with van der Waals surface area (Å²) in [5.41, 5.74) is 6.70. The number of anilines is 1. The number of amidine groups is 1. The smallest absolute Gasteiger partial charge is 0.183 e. The molecule has 7 nitrogen and oxygen atoms in total. The molecule has 0 unspecified atom stereocenters. The summed E-state index contributed by atoms with van der Waals surface area (Å²) in [6, 6.07) is 1.89. The summed E-state index contributed by atoms with van der Waals surface area (Å²) in [6.07, 6.45) is 0.901.